The summed E-state index contributed by atoms with van der Waals surface area (Å²) in [5, 5.41) is 7.78. The lowest BCUT2D eigenvalue weighted by molar-refractivity contribution is 0.243. The normalized spacial score (nSPS) is 10.6. The van der Waals surface area contributed by atoms with Gasteiger partial charge in [0.15, 0.2) is 0 Å². The standard InChI is InChI=1S/C17H20Cl2N2O/c1-12(2)22-17-6-4-3-5-16(17)21-10-9-20-13-7-8-14(18)15(19)11-13/h3-8,11-12,20-21H,9-10H2,1-2H3. The number of hydrogen-bond donors (Lipinski definition) is 2. The number of para-hydroxylation sites is 2. The number of nitrogens with one attached hydrogen (secondary N) is 2. The molecule has 3 nitrogen and oxygen atoms in total. The summed E-state index contributed by atoms with van der Waals surface area (Å²) in [5.41, 5.74) is 1.94. The van der Waals surface area contributed by atoms with Gasteiger partial charge < -0.3 is 15.4 Å². The first-order chi connectivity index (χ1) is 10.6. The van der Waals surface area contributed by atoms with Crippen LogP contribution in [0.5, 0.6) is 5.75 Å². The zero-order valence-corrected chi connectivity index (χ0v) is 14.2. The Bertz CT molecular complexity index is 617. The van der Waals surface area contributed by atoms with Crippen molar-refractivity contribution < 1.29 is 4.74 Å². The average Bonchev–Trinajstić information content (AvgIpc) is 2.48. The molecule has 0 aliphatic rings. The molecule has 2 aromatic carbocycles. The van der Waals surface area contributed by atoms with Crippen LogP contribution in [-0.4, -0.2) is 19.2 Å². The van der Waals surface area contributed by atoms with Gasteiger partial charge >= 0.3 is 0 Å². The Morgan fingerprint density at radius 1 is 0.955 bits per heavy atom. The Labute approximate surface area is 141 Å². The van der Waals surface area contributed by atoms with Crippen LogP contribution in [0.15, 0.2) is 42.5 Å². The van der Waals surface area contributed by atoms with E-state index in [1.54, 1.807) is 6.07 Å². The molecule has 0 heterocycles. The number of hydrogen-bond acceptors (Lipinski definition) is 3. The number of rotatable bonds is 7. The lowest BCUT2D eigenvalue weighted by Gasteiger charge is -2.15. The molecule has 0 aromatic heterocycles. The highest BCUT2D eigenvalue weighted by Gasteiger charge is 2.04. The van der Waals surface area contributed by atoms with Gasteiger partial charge in [-0.15, -0.1) is 0 Å². The Balaban J connectivity index is 1.85. The summed E-state index contributed by atoms with van der Waals surface area (Å²) in [6, 6.07) is 13.4. The number of halogens is 2. The van der Waals surface area contributed by atoms with Crippen LogP contribution >= 0.6 is 23.2 Å². The molecular weight excluding hydrogens is 319 g/mol. The predicted molar refractivity (Wildman–Crippen MR) is 95.6 cm³/mol. The molecule has 0 aliphatic carbocycles. The first kappa shape index (κ1) is 16.8. The minimum atomic E-state index is 0.150. The van der Waals surface area contributed by atoms with Gasteiger partial charge in [-0.05, 0) is 44.2 Å². The summed E-state index contributed by atoms with van der Waals surface area (Å²) in [7, 11) is 0. The minimum Gasteiger partial charge on any atom is -0.489 e. The fourth-order valence-corrected chi connectivity index (χ4v) is 2.28. The molecule has 22 heavy (non-hydrogen) atoms. The summed E-state index contributed by atoms with van der Waals surface area (Å²) < 4.78 is 5.77. The second-order valence-electron chi connectivity index (χ2n) is 5.15. The second-order valence-corrected chi connectivity index (χ2v) is 5.96. The van der Waals surface area contributed by atoms with Gasteiger partial charge in [-0.2, -0.15) is 0 Å². The molecule has 0 radical (unpaired) electrons. The summed E-state index contributed by atoms with van der Waals surface area (Å²) in [4.78, 5) is 0. The van der Waals surface area contributed by atoms with Gasteiger partial charge in [-0.1, -0.05) is 35.3 Å². The molecule has 2 N–H and O–H groups in total. The van der Waals surface area contributed by atoms with Crippen molar-refractivity contribution >= 4 is 34.6 Å². The van der Waals surface area contributed by atoms with Crippen LogP contribution < -0.4 is 15.4 Å². The molecule has 0 aliphatic heterocycles. The molecule has 0 bridgehead atoms. The summed E-state index contributed by atoms with van der Waals surface area (Å²) >= 11 is 11.9. The lowest BCUT2D eigenvalue weighted by atomic mass is 10.3. The van der Waals surface area contributed by atoms with Crippen molar-refractivity contribution in [1.29, 1.82) is 0 Å². The molecule has 0 fully saturated rings. The summed E-state index contributed by atoms with van der Waals surface area (Å²) in [6.45, 7) is 5.55. The molecule has 2 rings (SSSR count). The van der Waals surface area contributed by atoms with E-state index in [1.807, 2.05) is 50.2 Å². The average molecular weight is 339 g/mol. The molecule has 0 spiro atoms. The molecule has 118 valence electrons. The fraction of sp³-hybridized carbons (Fsp3) is 0.294. The maximum Gasteiger partial charge on any atom is 0.142 e. The van der Waals surface area contributed by atoms with Gasteiger partial charge in [0.2, 0.25) is 0 Å². The number of benzene rings is 2. The van der Waals surface area contributed by atoms with Crippen molar-refractivity contribution in [3.05, 3.63) is 52.5 Å². The topological polar surface area (TPSA) is 33.3 Å². The zero-order chi connectivity index (χ0) is 15.9. The first-order valence-electron chi connectivity index (χ1n) is 7.24. The number of anilines is 2. The third kappa shape index (κ3) is 5.00. The van der Waals surface area contributed by atoms with Crippen LogP contribution in [0.3, 0.4) is 0 Å². The molecule has 5 heteroatoms. The van der Waals surface area contributed by atoms with Gasteiger partial charge in [0.05, 0.1) is 21.8 Å². The SMILES string of the molecule is CC(C)Oc1ccccc1NCCNc1ccc(Cl)c(Cl)c1. The monoisotopic (exact) mass is 338 g/mol. The molecule has 2 aromatic rings. The van der Waals surface area contributed by atoms with E-state index in [0.717, 1.165) is 30.2 Å². The Morgan fingerprint density at radius 3 is 2.41 bits per heavy atom. The molecule has 0 saturated heterocycles. The van der Waals surface area contributed by atoms with E-state index < -0.39 is 0 Å². The van der Waals surface area contributed by atoms with E-state index >= 15 is 0 Å². The molecule has 0 amide bonds. The molecular formula is C17H20Cl2N2O. The Hall–Kier alpha value is -1.58. The van der Waals surface area contributed by atoms with Gasteiger partial charge in [0.25, 0.3) is 0 Å². The number of ether oxygens (including phenoxy) is 1. The molecule has 0 saturated carbocycles. The van der Waals surface area contributed by atoms with E-state index in [-0.39, 0.29) is 6.10 Å². The maximum atomic E-state index is 5.99. The van der Waals surface area contributed by atoms with Crippen LogP contribution in [0.1, 0.15) is 13.8 Å². The van der Waals surface area contributed by atoms with Crippen molar-refractivity contribution in [3.8, 4) is 5.75 Å². The van der Waals surface area contributed by atoms with Crippen molar-refractivity contribution in [2.24, 2.45) is 0 Å². The fourth-order valence-electron chi connectivity index (χ4n) is 1.98. The highest BCUT2D eigenvalue weighted by Crippen LogP contribution is 2.26. The lowest BCUT2D eigenvalue weighted by Crippen LogP contribution is -2.15. The highest BCUT2D eigenvalue weighted by atomic mass is 35.5. The van der Waals surface area contributed by atoms with E-state index in [2.05, 4.69) is 10.6 Å². The minimum absolute atomic E-state index is 0.150. The van der Waals surface area contributed by atoms with Gasteiger partial charge in [-0.25, -0.2) is 0 Å². The van der Waals surface area contributed by atoms with Crippen LogP contribution in [0.2, 0.25) is 10.0 Å². The van der Waals surface area contributed by atoms with Crippen molar-refractivity contribution in [3.63, 3.8) is 0 Å². The third-order valence-electron chi connectivity index (χ3n) is 2.94. The molecule has 0 unspecified atom stereocenters. The van der Waals surface area contributed by atoms with Crippen molar-refractivity contribution in [1.82, 2.24) is 0 Å². The van der Waals surface area contributed by atoms with Crippen LogP contribution in [0.25, 0.3) is 0 Å². The van der Waals surface area contributed by atoms with E-state index in [1.165, 1.54) is 0 Å². The Kier molecular flexibility index (Phi) is 6.22. The van der Waals surface area contributed by atoms with E-state index in [9.17, 15) is 0 Å². The first-order valence-corrected chi connectivity index (χ1v) is 8.00. The largest absolute Gasteiger partial charge is 0.489 e. The quantitative estimate of drug-likeness (QED) is 0.671. The van der Waals surface area contributed by atoms with Crippen molar-refractivity contribution in [2.45, 2.75) is 20.0 Å². The van der Waals surface area contributed by atoms with Gasteiger partial charge in [-0.3, -0.25) is 0 Å². The van der Waals surface area contributed by atoms with Crippen LogP contribution in [-0.2, 0) is 0 Å². The Morgan fingerprint density at radius 2 is 1.68 bits per heavy atom. The van der Waals surface area contributed by atoms with Gasteiger partial charge in [0.1, 0.15) is 5.75 Å². The van der Waals surface area contributed by atoms with Crippen LogP contribution in [0.4, 0.5) is 11.4 Å². The zero-order valence-electron chi connectivity index (χ0n) is 12.7. The third-order valence-corrected chi connectivity index (χ3v) is 3.68. The summed E-state index contributed by atoms with van der Waals surface area (Å²) in [5.74, 6) is 0.868. The molecule has 0 atom stereocenters. The van der Waals surface area contributed by atoms with E-state index in [4.69, 9.17) is 27.9 Å². The summed E-state index contributed by atoms with van der Waals surface area (Å²) in [6.07, 6.45) is 0.150. The van der Waals surface area contributed by atoms with E-state index in [0.29, 0.717) is 10.0 Å². The second kappa shape index (κ2) is 8.16. The smallest absolute Gasteiger partial charge is 0.142 e. The van der Waals surface area contributed by atoms with Gasteiger partial charge in [0, 0.05) is 18.8 Å². The van der Waals surface area contributed by atoms with Crippen LogP contribution in [0, 0.1) is 0 Å². The predicted octanol–water partition coefficient (Wildman–Crippen LogP) is 5.30. The maximum absolute atomic E-state index is 5.99. The highest BCUT2D eigenvalue weighted by molar-refractivity contribution is 6.42. The van der Waals surface area contributed by atoms with Crippen molar-refractivity contribution in [2.75, 3.05) is 23.7 Å².